The van der Waals surface area contributed by atoms with Crippen molar-refractivity contribution >= 4 is 0 Å². The highest BCUT2D eigenvalue weighted by Crippen LogP contribution is 2.20. The van der Waals surface area contributed by atoms with E-state index in [-0.39, 0.29) is 0 Å². The average molecular weight is 399 g/mol. The summed E-state index contributed by atoms with van der Waals surface area (Å²) in [5.41, 5.74) is 3.17. The van der Waals surface area contributed by atoms with Crippen LogP contribution in [-0.2, 0) is 4.74 Å². The Bertz CT molecular complexity index is 824. The lowest BCUT2D eigenvalue weighted by Crippen LogP contribution is -2.38. The summed E-state index contributed by atoms with van der Waals surface area (Å²) in [6.07, 6.45) is 3.26. The van der Waals surface area contributed by atoms with E-state index in [4.69, 9.17) is 9.47 Å². The minimum absolute atomic E-state index is 0.533. The Balaban J connectivity index is 0.000000343. The van der Waals surface area contributed by atoms with Gasteiger partial charge in [0.2, 0.25) is 5.88 Å². The molecule has 3 heterocycles. The van der Waals surface area contributed by atoms with Crippen LogP contribution in [0.3, 0.4) is 0 Å². The Labute approximate surface area is 171 Å². The molecule has 29 heavy (non-hydrogen) atoms. The van der Waals surface area contributed by atoms with Crippen molar-refractivity contribution in [3.05, 3.63) is 54.0 Å². The number of hydrogen-bond acceptors (Lipinski definition) is 7. The molecule has 1 saturated heterocycles. The number of hydrogen-bond donors (Lipinski definition) is 0. The largest absolute Gasteiger partial charge is 0.476 e. The Morgan fingerprint density at radius 1 is 1.10 bits per heavy atom. The number of ether oxygens (including phenoxy) is 2. The molecular weight excluding hydrogens is 370 g/mol. The quantitative estimate of drug-likeness (QED) is 0.630. The summed E-state index contributed by atoms with van der Waals surface area (Å²) in [7, 11) is 0. The third-order valence-corrected chi connectivity index (χ3v) is 4.64. The highest BCUT2D eigenvalue weighted by Gasteiger charge is 2.11. The molecule has 156 valence electrons. The van der Waals surface area contributed by atoms with Crippen molar-refractivity contribution in [3.8, 4) is 11.6 Å². The fourth-order valence-corrected chi connectivity index (χ4v) is 2.91. The van der Waals surface area contributed by atoms with Crippen LogP contribution in [0.5, 0.6) is 5.88 Å². The number of aromatic nitrogens is 4. The van der Waals surface area contributed by atoms with E-state index in [1.54, 1.807) is 6.20 Å². The smallest absolute Gasteiger partial charge is 0.216 e. The van der Waals surface area contributed by atoms with Crippen molar-refractivity contribution in [1.29, 1.82) is 0 Å². The maximum Gasteiger partial charge on any atom is 0.216 e. The van der Waals surface area contributed by atoms with Gasteiger partial charge >= 0.3 is 0 Å². The Morgan fingerprint density at radius 2 is 1.86 bits per heavy atom. The summed E-state index contributed by atoms with van der Waals surface area (Å²) < 4.78 is 17.5. The topological polar surface area (TPSA) is 78.4 Å². The molecule has 0 atom stereocenters. The van der Waals surface area contributed by atoms with E-state index < -0.39 is 0 Å². The molecular formula is C21H29N5O3. The summed E-state index contributed by atoms with van der Waals surface area (Å²) in [6, 6.07) is 10.4. The van der Waals surface area contributed by atoms with E-state index in [1.807, 2.05) is 17.7 Å². The number of morpholine rings is 1. The normalized spacial score (nSPS) is 14.5. The zero-order chi connectivity index (χ0) is 20.5. The minimum atomic E-state index is 0.533. The van der Waals surface area contributed by atoms with Crippen molar-refractivity contribution in [3.63, 3.8) is 0 Å². The van der Waals surface area contributed by atoms with E-state index in [1.165, 1.54) is 11.8 Å². The summed E-state index contributed by atoms with van der Waals surface area (Å²) in [5.74, 6) is 1.32. The van der Waals surface area contributed by atoms with E-state index >= 15 is 0 Å². The first kappa shape index (κ1) is 21.0. The van der Waals surface area contributed by atoms with Crippen LogP contribution in [0.1, 0.15) is 31.0 Å². The molecule has 4 rings (SSSR count). The van der Waals surface area contributed by atoms with Crippen LogP contribution in [0, 0.1) is 6.92 Å². The van der Waals surface area contributed by atoms with Gasteiger partial charge in [0.25, 0.3) is 0 Å². The standard InChI is InChI=1S/C18H25N3O2.C3H4N2O/c1-15(2)16-3-5-17(6-4-16)21-18(7-8-19-21)23-14-11-20-9-12-22-13-10-20;1-3-2-6-5-4-3/h3-8,15H,9-14H2,1-2H3;2H,1H3. The maximum absolute atomic E-state index is 5.93. The molecule has 0 unspecified atom stereocenters. The molecule has 0 N–H and O–H groups in total. The molecule has 0 bridgehead atoms. The predicted molar refractivity (Wildman–Crippen MR) is 109 cm³/mol. The first-order chi connectivity index (χ1) is 14.1. The fraction of sp³-hybridized carbons (Fsp3) is 0.476. The first-order valence-electron chi connectivity index (χ1n) is 9.94. The third kappa shape index (κ3) is 6.40. The summed E-state index contributed by atoms with van der Waals surface area (Å²) in [4.78, 5) is 2.36. The summed E-state index contributed by atoms with van der Waals surface area (Å²) >= 11 is 0. The number of aryl methyl sites for hydroxylation is 1. The SMILES string of the molecule is CC(C)c1ccc(-n2nccc2OCCN2CCOCC2)cc1.Cc1conn1. The van der Waals surface area contributed by atoms with Gasteiger partial charge in [-0.1, -0.05) is 26.0 Å². The van der Waals surface area contributed by atoms with Gasteiger partial charge in [0, 0.05) is 31.0 Å². The van der Waals surface area contributed by atoms with Crippen LogP contribution in [0.15, 0.2) is 47.3 Å². The zero-order valence-corrected chi connectivity index (χ0v) is 17.3. The number of rotatable bonds is 6. The molecule has 0 aliphatic carbocycles. The van der Waals surface area contributed by atoms with Gasteiger partial charge in [-0.3, -0.25) is 4.90 Å². The number of benzene rings is 1. The first-order valence-corrected chi connectivity index (χ1v) is 9.94. The molecule has 0 amide bonds. The van der Waals surface area contributed by atoms with Crippen LogP contribution in [-0.4, -0.2) is 64.5 Å². The lowest BCUT2D eigenvalue weighted by molar-refractivity contribution is 0.0318. The van der Waals surface area contributed by atoms with Crippen LogP contribution >= 0.6 is 0 Å². The van der Waals surface area contributed by atoms with E-state index in [0.717, 1.165) is 50.1 Å². The van der Waals surface area contributed by atoms with Gasteiger partial charge in [0.1, 0.15) is 18.6 Å². The van der Waals surface area contributed by atoms with Crippen LogP contribution < -0.4 is 4.74 Å². The monoisotopic (exact) mass is 399 g/mol. The maximum atomic E-state index is 5.93. The Hall–Kier alpha value is -2.71. The molecule has 1 aromatic carbocycles. The lowest BCUT2D eigenvalue weighted by Gasteiger charge is -2.26. The van der Waals surface area contributed by atoms with Crippen LogP contribution in [0.25, 0.3) is 5.69 Å². The summed E-state index contributed by atoms with van der Waals surface area (Å²) in [6.45, 7) is 11.4. The van der Waals surface area contributed by atoms with Crippen molar-refractivity contribution in [1.82, 2.24) is 25.1 Å². The molecule has 8 heteroatoms. The molecule has 1 aliphatic heterocycles. The Morgan fingerprint density at radius 3 is 2.45 bits per heavy atom. The zero-order valence-electron chi connectivity index (χ0n) is 17.3. The van der Waals surface area contributed by atoms with Gasteiger partial charge in [0.05, 0.1) is 25.1 Å². The van der Waals surface area contributed by atoms with E-state index in [0.29, 0.717) is 12.5 Å². The third-order valence-electron chi connectivity index (χ3n) is 4.64. The van der Waals surface area contributed by atoms with Crippen molar-refractivity contribution < 1.29 is 14.0 Å². The van der Waals surface area contributed by atoms with E-state index in [2.05, 4.69) is 63.0 Å². The molecule has 8 nitrogen and oxygen atoms in total. The highest BCUT2D eigenvalue weighted by molar-refractivity contribution is 5.37. The van der Waals surface area contributed by atoms with Crippen LogP contribution in [0.2, 0.25) is 0 Å². The second kappa shape index (κ2) is 10.7. The Kier molecular flexibility index (Phi) is 7.77. The van der Waals surface area contributed by atoms with Gasteiger partial charge in [-0.15, -0.1) is 5.10 Å². The van der Waals surface area contributed by atoms with Gasteiger partial charge in [-0.2, -0.15) is 5.10 Å². The molecule has 2 aromatic heterocycles. The lowest BCUT2D eigenvalue weighted by atomic mass is 10.0. The molecule has 1 fully saturated rings. The van der Waals surface area contributed by atoms with Crippen LogP contribution in [0.4, 0.5) is 0 Å². The average Bonchev–Trinajstić information content (AvgIpc) is 3.41. The van der Waals surface area contributed by atoms with Crippen molar-refractivity contribution in [2.45, 2.75) is 26.7 Å². The van der Waals surface area contributed by atoms with Crippen molar-refractivity contribution in [2.75, 3.05) is 39.5 Å². The summed E-state index contributed by atoms with van der Waals surface area (Å²) in [5, 5.41) is 11.1. The molecule has 0 spiro atoms. The number of nitrogens with zero attached hydrogens (tertiary/aromatic N) is 5. The van der Waals surface area contributed by atoms with Gasteiger partial charge in [0.15, 0.2) is 0 Å². The highest BCUT2D eigenvalue weighted by atomic mass is 16.5. The second-order valence-electron chi connectivity index (χ2n) is 7.18. The van der Waals surface area contributed by atoms with Gasteiger partial charge in [-0.25, -0.2) is 4.68 Å². The predicted octanol–water partition coefficient (Wildman–Crippen LogP) is 3.08. The van der Waals surface area contributed by atoms with Crippen molar-refractivity contribution in [2.24, 2.45) is 0 Å². The molecule has 0 saturated carbocycles. The molecule has 0 radical (unpaired) electrons. The fourth-order valence-electron chi connectivity index (χ4n) is 2.91. The second-order valence-corrected chi connectivity index (χ2v) is 7.18. The molecule has 3 aromatic rings. The minimum Gasteiger partial charge on any atom is -0.476 e. The van der Waals surface area contributed by atoms with E-state index in [9.17, 15) is 0 Å². The molecule has 1 aliphatic rings. The van der Waals surface area contributed by atoms with Gasteiger partial charge in [-0.05, 0) is 30.5 Å². The van der Waals surface area contributed by atoms with Gasteiger partial charge < -0.3 is 14.0 Å².